The number of nitrogens with zero attached hydrogens (tertiary/aromatic N) is 1. The second-order valence-electron chi connectivity index (χ2n) is 5.08. The van der Waals surface area contributed by atoms with Gasteiger partial charge in [-0.05, 0) is 25.1 Å². The Hall–Kier alpha value is -3.42. The minimum Gasteiger partial charge on any atom is -0.482 e. The molecular weight excluding hydrogens is 328 g/mol. The van der Waals surface area contributed by atoms with Crippen LogP contribution in [0.2, 0.25) is 0 Å². The molecule has 0 aliphatic heterocycles. The highest BCUT2D eigenvalue weighted by molar-refractivity contribution is 5.94. The summed E-state index contributed by atoms with van der Waals surface area (Å²) in [4.78, 5) is 33.6. The number of nitro groups is 1. The van der Waals surface area contributed by atoms with Crippen molar-refractivity contribution in [3.63, 3.8) is 0 Å². The van der Waals surface area contributed by atoms with Crippen LogP contribution in [0.25, 0.3) is 0 Å². The van der Waals surface area contributed by atoms with Gasteiger partial charge in [-0.3, -0.25) is 14.9 Å². The van der Waals surface area contributed by atoms with Gasteiger partial charge in [0.15, 0.2) is 13.2 Å². The summed E-state index contributed by atoms with van der Waals surface area (Å²) >= 11 is 0. The van der Waals surface area contributed by atoms with Crippen molar-refractivity contribution >= 4 is 23.3 Å². The van der Waals surface area contributed by atoms with Crippen LogP contribution in [-0.4, -0.2) is 30.0 Å². The molecule has 0 aliphatic rings. The van der Waals surface area contributed by atoms with E-state index < -0.39 is 23.4 Å². The van der Waals surface area contributed by atoms with Gasteiger partial charge in [-0.15, -0.1) is 0 Å². The van der Waals surface area contributed by atoms with Crippen LogP contribution in [0, 0.1) is 17.0 Å². The van der Waals surface area contributed by atoms with E-state index in [4.69, 9.17) is 9.47 Å². The third-order valence-corrected chi connectivity index (χ3v) is 3.12. The Morgan fingerprint density at radius 2 is 1.76 bits per heavy atom. The maximum atomic E-state index is 11.8. The zero-order valence-corrected chi connectivity index (χ0v) is 13.4. The van der Waals surface area contributed by atoms with E-state index in [9.17, 15) is 19.7 Å². The maximum Gasteiger partial charge on any atom is 0.344 e. The quantitative estimate of drug-likeness (QED) is 0.469. The molecule has 0 fully saturated rings. The number of carbonyl (C=O) groups excluding carboxylic acids is 2. The first-order valence-corrected chi connectivity index (χ1v) is 7.34. The predicted molar refractivity (Wildman–Crippen MR) is 89.4 cm³/mol. The van der Waals surface area contributed by atoms with Gasteiger partial charge >= 0.3 is 5.97 Å². The first kappa shape index (κ1) is 17.9. The molecule has 2 aromatic rings. The average Bonchev–Trinajstić information content (AvgIpc) is 2.59. The third-order valence-electron chi connectivity index (χ3n) is 3.12. The molecule has 0 saturated carbocycles. The summed E-state index contributed by atoms with van der Waals surface area (Å²) < 4.78 is 10.0. The van der Waals surface area contributed by atoms with Gasteiger partial charge in [0.05, 0.1) is 4.92 Å². The standard InChI is InChI=1S/C17H16N2O6/c1-12-6-8-13(9-7-12)24-11-17(21)25-10-16(20)18-14-4-2-3-5-15(14)19(22)23/h2-9H,10-11H2,1H3,(H,18,20). The molecule has 1 N–H and O–H groups in total. The van der Waals surface area contributed by atoms with E-state index in [1.54, 1.807) is 18.2 Å². The first-order valence-electron chi connectivity index (χ1n) is 7.34. The van der Waals surface area contributed by atoms with Crippen molar-refractivity contribution in [3.8, 4) is 5.75 Å². The number of para-hydroxylation sites is 2. The van der Waals surface area contributed by atoms with E-state index in [2.05, 4.69) is 5.32 Å². The fraction of sp³-hybridized carbons (Fsp3) is 0.176. The minimum absolute atomic E-state index is 0.0319. The lowest BCUT2D eigenvalue weighted by Crippen LogP contribution is -2.24. The zero-order chi connectivity index (χ0) is 18.2. The molecular formula is C17H16N2O6. The SMILES string of the molecule is Cc1ccc(OCC(=O)OCC(=O)Nc2ccccc2[N+](=O)[O-])cc1. The Balaban J connectivity index is 1.79. The molecule has 0 aromatic heterocycles. The number of carbonyl (C=O) groups is 2. The van der Waals surface area contributed by atoms with Gasteiger partial charge in [-0.1, -0.05) is 29.8 Å². The molecule has 0 aliphatic carbocycles. The molecule has 1 amide bonds. The molecule has 0 atom stereocenters. The summed E-state index contributed by atoms with van der Waals surface area (Å²) in [6.45, 7) is 1.01. The fourth-order valence-electron chi connectivity index (χ4n) is 1.89. The van der Waals surface area contributed by atoms with Crippen molar-refractivity contribution in [2.45, 2.75) is 6.92 Å². The van der Waals surface area contributed by atoms with E-state index in [0.717, 1.165) is 5.56 Å². The summed E-state index contributed by atoms with van der Waals surface area (Å²) in [6, 6.07) is 12.8. The number of amides is 1. The summed E-state index contributed by atoms with van der Waals surface area (Å²) in [5, 5.41) is 13.2. The van der Waals surface area contributed by atoms with Gasteiger partial charge in [-0.25, -0.2) is 4.79 Å². The van der Waals surface area contributed by atoms with Gasteiger partial charge in [0.1, 0.15) is 11.4 Å². The zero-order valence-electron chi connectivity index (χ0n) is 13.4. The number of hydrogen-bond acceptors (Lipinski definition) is 6. The van der Waals surface area contributed by atoms with Crippen LogP contribution in [0.15, 0.2) is 48.5 Å². The van der Waals surface area contributed by atoms with Crippen LogP contribution in [-0.2, 0) is 14.3 Å². The number of benzene rings is 2. The van der Waals surface area contributed by atoms with Crippen molar-refractivity contribution in [1.29, 1.82) is 0 Å². The summed E-state index contributed by atoms with van der Waals surface area (Å²) in [7, 11) is 0. The number of rotatable bonds is 7. The normalized spacial score (nSPS) is 9.96. The number of ether oxygens (including phenoxy) is 2. The molecule has 0 heterocycles. The second-order valence-corrected chi connectivity index (χ2v) is 5.08. The molecule has 25 heavy (non-hydrogen) atoms. The van der Waals surface area contributed by atoms with Crippen LogP contribution in [0.5, 0.6) is 5.75 Å². The lowest BCUT2D eigenvalue weighted by Gasteiger charge is -2.08. The minimum atomic E-state index is -0.724. The molecule has 2 rings (SSSR count). The lowest BCUT2D eigenvalue weighted by molar-refractivity contribution is -0.383. The maximum absolute atomic E-state index is 11.8. The topological polar surface area (TPSA) is 108 Å². The summed E-state index contributed by atoms with van der Waals surface area (Å²) in [5.41, 5.74) is 0.843. The number of esters is 1. The molecule has 0 bridgehead atoms. The molecule has 0 unspecified atom stereocenters. The van der Waals surface area contributed by atoms with E-state index in [1.807, 2.05) is 19.1 Å². The van der Waals surface area contributed by atoms with Crippen LogP contribution < -0.4 is 10.1 Å². The Kier molecular flexibility index (Phi) is 6.05. The molecule has 8 heteroatoms. The Morgan fingerprint density at radius 1 is 1.08 bits per heavy atom. The molecule has 0 spiro atoms. The monoisotopic (exact) mass is 344 g/mol. The van der Waals surface area contributed by atoms with Gasteiger partial charge < -0.3 is 14.8 Å². The van der Waals surface area contributed by atoms with Crippen molar-refractivity contribution in [1.82, 2.24) is 0 Å². The van der Waals surface area contributed by atoms with E-state index >= 15 is 0 Å². The van der Waals surface area contributed by atoms with Crippen LogP contribution in [0.3, 0.4) is 0 Å². The molecule has 130 valence electrons. The van der Waals surface area contributed by atoms with Crippen LogP contribution in [0.4, 0.5) is 11.4 Å². The third kappa shape index (κ3) is 5.61. The molecule has 2 aromatic carbocycles. The average molecular weight is 344 g/mol. The van der Waals surface area contributed by atoms with Crippen molar-refractivity contribution in [2.75, 3.05) is 18.5 Å². The molecule has 0 radical (unpaired) electrons. The number of aryl methyl sites for hydroxylation is 1. The van der Waals surface area contributed by atoms with Crippen LogP contribution in [0.1, 0.15) is 5.56 Å². The van der Waals surface area contributed by atoms with Crippen molar-refractivity contribution < 1.29 is 24.0 Å². The number of nitrogens with one attached hydrogen (secondary N) is 1. The van der Waals surface area contributed by atoms with Crippen molar-refractivity contribution in [3.05, 3.63) is 64.2 Å². The highest BCUT2D eigenvalue weighted by Crippen LogP contribution is 2.22. The Labute approximate surface area is 143 Å². The Bertz CT molecular complexity index is 773. The smallest absolute Gasteiger partial charge is 0.344 e. The summed E-state index contributed by atoms with van der Waals surface area (Å²) in [5.74, 6) is -0.900. The molecule has 0 saturated heterocycles. The Morgan fingerprint density at radius 3 is 2.44 bits per heavy atom. The van der Waals surface area contributed by atoms with E-state index in [-0.39, 0.29) is 18.0 Å². The fourth-order valence-corrected chi connectivity index (χ4v) is 1.89. The van der Waals surface area contributed by atoms with Gasteiger partial charge in [0.25, 0.3) is 11.6 Å². The largest absolute Gasteiger partial charge is 0.482 e. The van der Waals surface area contributed by atoms with Gasteiger partial charge in [0.2, 0.25) is 0 Å². The first-order chi connectivity index (χ1) is 12.0. The van der Waals surface area contributed by atoms with Gasteiger partial charge in [0, 0.05) is 6.07 Å². The number of anilines is 1. The lowest BCUT2D eigenvalue weighted by atomic mass is 10.2. The number of hydrogen-bond donors (Lipinski definition) is 1. The van der Waals surface area contributed by atoms with E-state index in [1.165, 1.54) is 18.2 Å². The molecule has 8 nitrogen and oxygen atoms in total. The highest BCUT2D eigenvalue weighted by Gasteiger charge is 2.15. The van der Waals surface area contributed by atoms with Gasteiger partial charge in [-0.2, -0.15) is 0 Å². The number of nitro benzene ring substituents is 1. The second kappa shape index (κ2) is 8.44. The van der Waals surface area contributed by atoms with Crippen LogP contribution >= 0.6 is 0 Å². The summed E-state index contributed by atoms with van der Waals surface area (Å²) in [6.07, 6.45) is 0. The highest BCUT2D eigenvalue weighted by atomic mass is 16.6. The van der Waals surface area contributed by atoms with Crippen molar-refractivity contribution in [2.24, 2.45) is 0 Å². The predicted octanol–water partition coefficient (Wildman–Crippen LogP) is 2.46. The van der Waals surface area contributed by atoms with E-state index in [0.29, 0.717) is 5.75 Å².